The number of nitrogen functional groups attached to an aromatic ring is 1. The summed E-state index contributed by atoms with van der Waals surface area (Å²) in [5.41, 5.74) is 6.26. The summed E-state index contributed by atoms with van der Waals surface area (Å²) in [6.07, 6.45) is 0. The number of rotatable bonds is 1. The normalized spacial score (nSPS) is 10.6. The van der Waals surface area contributed by atoms with Crippen LogP contribution in [0.3, 0.4) is 0 Å². The molecule has 2 N–H and O–H groups in total. The number of oxazole rings is 1. The molecule has 68 valence electrons. The van der Waals surface area contributed by atoms with E-state index in [0.29, 0.717) is 0 Å². The van der Waals surface area contributed by atoms with E-state index in [2.05, 4.69) is 20.9 Å². The van der Waals surface area contributed by atoms with Crippen molar-refractivity contribution >= 4 is 33.3 Å². The summed E-state index contributed by atoms with van der Waals surface area (Å²) < 4.78 is 6.31. The van der Waals surface area contributed by atoms with Gasteiger partial charge in [-0.1, -0.05) is 0 Å². The lowest BCUT2D eigenvalue weighted by atomic mass is 10.3. The van der Waals surface area contributed by atoms with Gasteiger partial charge in [0.15, 0.2) is 5.76 Å². The van der Waals surface area contributed by atoms with Gasteiger partial charge in [-0.25, -0.2) is 0 Å². The summed E-state index contributed by atoms with van der Waals surface area (Å²) in [4.78, 5) is 5.03. The fraction of sp³-hybridized carbons (Fsp3) is 0.125. The van der Waals surface area contributed by atoms with Gasteiger partial charge in [-0.3, -0.25) is 0 Å². The molecule has 5 heteroatoms. The van der Waals surface area contributed by atoms with Gasteiger partial charge in [-0.2, -0.15) is 4.98 Å². The third-order valence-electron chi connectivity index (χ3n) is 1.60. The van der Waals surface area contributed by atoms with Gasteiger partial charge >= 0.3 is 0 Å². The van der Waals surface area contributed by atoms with Crippen molar-refractivity contribution in [2.24, 2.45) is 0 Å². The number of anilines is 1. The molecule has 0 fully saturated rings. The molecule has 0 spiro atoms. The Bertz CT molecular complexity index is 435. The second kappa shape index (κ2) is 3.16. The Morgan fingerprint density at radius 2 is 2.38 bits per heavy atom. The molecule has 0 aromatic carbocycles. The molecular weight excluding hydrogens is 252 g/mol. The van der Waals surface area contributed by atoms with Crippen LogP contribution in [-0.4, -0.2) is 4.98 Å². The lowest BCUT2D eigenvalue weighted by Gasteiger charge is -1.89. The molecule has 0 unspecified atom stereocenters. The first-order chi connectivity index (χ1) is 6.16. The van der Waals surface area contributed by atoms with Crippen LogP contribution in [0.4, 0.5) is 6.01 Å². The summed E-state index contributed by atoms with van der Waals surface area (Å²) in [6.45, 7) is 1.88. The van der Waals surface area contributed by atoms with Crippen LogP contribution in [-0.2, 0) is 0 Å². The van der Waals surface area contributed by atoms with Gasteiger partial charge in [0.05, 0.1) is 10.6 Å². The first-order valence-corrected chi connectivity index (χ1v) is 5.31. The zero-order valence-corrected chi connectivity index (χ0v) is 9.28. The Morgan fingerprint density at radius 3 is 2.85 bits per heavy atom. The third kappa shape index (κ3) is 1.62. The van der Waals surface area contributed by atoms with Gasteiger partial charge in [0.25, 0.3) is 6.01 Å². The largest absolute Gasteiger partial charge is 0.423 e. The monoisotopic (exact) mass is 258 g/mol. The van der Waals surface area contributed by atoms with Crippen LogP contribution in [0.1, 0.15) is 5.69 Å². The molecule has 2 heterocycles. The summed E-state index contributed by atoms with van der Waals surface area (Å²) in [5.74, 6) is 0.758. The predicted molar refractivity (Wildman–Crippen MR) is 56.7 cm³/mol. The van der Waals surface area contributed by atoms with Crippen LogP contribution in [0, 0.1) is 6.92 Å². The SMILES string of the molecule is Cc1nc(N)oc1-c1cc(Br)cs1. The van der Waals surface area contributed by atoms with Crippen molar-refractivity contribution in [3.05, 3.63) is 21.6 Å². The smallest absolute Gasteiger partial charge is 0.292 e. The van der Waals surface area contributed by atoms with E-state index in [4.69, 9.17) is 10.2 Å². The van der Waals surface area contributed by atoms with Crippen molar-refractivity contribution in [2.75, 3.05) is 5.73 Å². The van der Waals surface area contributed by atoms with Crippen LogP contribution >= 0.6 is 27.3 Å². The molecule has 2 rings (SSSR count). The molecule has 0 aliphatic carbocycles. The van der Waals surface area contributed by atoms with Gasteiger partial charge in [0, 0.05) is 9.85 Å². The van der Waals surface area contributed by atoms with Crippen molar-refractivity contribution in [1.29, 1.82) is 0 Å². The number of hydrogen-bond donors (Lipinski definition) is 1. The van der Waals surface area contributed by atoms with Gasteiger partial charge in [-0.05, 0) is 28.9 Å². The molecule has 0 radical (unpaired) electrons. The highest BCUT2D eigenvalue weighted by Gasteiger charge is 2.11. The van der Waals surface area contributed by atoms with E-state index in [0.717, 1.165) is 20.8 Å². The number of hydrogen-bond acceptors (Lipinski definition) is 4. The topological polar surface area (TPSA) is 52.0 Å². The Labute approximate surface area is 87.7 Å². The zero-order valence-electron chi connectivity index (χ0n) is 6.87. The van der Waals surface area contributed by atoms with E-state index in [9.17, 15) is 0 Å². The van der Waals surface area contributed by atoms with E-state index in [1.165, 1.54) is 0 Å². The fourth-order valence-corrected chi connectivity index (χ4v) is 2.54. The van der Waals surface area contributed by atoms with Crippen molar-refractivity contribution in [1.82, 2.24) is 4.98 Å². The van der Waals surface area contributed by atoms with Crippen molar-refractivity contribution in [3.8, 4) is 10.6 Å². The average Bonchev–Trinajstić information content (AvgIpc) is 2.58. The van der Waals surface area contributed by atoms with Crippen LogP contribution in [0.15, 0.2) is 20.3 Å². The summed E-state index contributed by atoms with van der Waals surface area (Å²) in [5, 5.41) is 1.99. The van der Waals surface area contributed by atoms with E-state index < -0.39 is 0 Å². The van der Waals surface area contributed by atoms with Gasteiger partial charge < -0.3 is 10.2 Å². The maximum absolute atomic E-state index is 5.44. The van der Waals surface area contributed by atoms with Crippen LogP contribution < -0.4 is 5.73 Å². The lowest BCUT2D eigenvalue weighted by molar-refractivity contribution is 0.595. The molecule has 3 nitrogen and oxygen atoms in total. The minimum atomic E-state index is 0.219. The second-order valence-corrected chi connectivity index (χ2v) is 4.42. The minimum Gasteiger partial charge on any atom is -0.423 e. The van der Waals surface area contributed by atoms with Crippen molar-refractivity contribution in [2.45, 2.75) is 6.92 Å². The average molecular weight is 259 g/mol. The minimum absolute atomic E-state index is 0.219. The highest BCUT2D eigenvalue weighted by atomic mass is 79.9. The molecule has 2 aromatic heterocycles. The van der Waals surface area contributed by atoms with Crippen molar-refractivity contribution < 1.29 is 4.42 Å². The molecule has 0 amide bonds. The number of halogens is 1. The van der Waals surface area contributed by atoms with Crippen LogP contribution in [0.2, 0.25) is 0 Å². The number of aromatic nitrogens is 1. The quantitative estimate of drug-likeness (QED) is 0.856. The van der Waals surface area contributed by atoms with Gasteiger partial charge in [0.1, 0.15) is 0 Å². The summed E-state index contributed by atoms with van der Waals surface area (Å²) in [7, 11) is 0. The molecule has 0 aliphatic heterocycles. The third-order valence-corrected chi connectivity index (χ3v) is 3.29. The summed E-state index contributed by atoms with van der Waals surface area (Å²) in [6, 6.07) is 2.20. The number of aryl methyl sites for hydroxylation is 1. The van der Waals surface area contributed by atoms with Gasteiger partial charge in [0.2, 0.25) is 0 Å². The molecule has 0 saturated carbocycles. The fourth-order valence-electron chi connectivity index (χ4n) is 1.08. The molecule has 0 saturated heterocycles. The Kier molecular flexibility index (Phi) is 2.13. The molecule has 13 heavy (non-hydrogen) atoms. The first-order valence-electron chi connectivity index (χ1n) is 3.64. The van der Waals surface area contributed by atoms with E-state index >= 15 is 0 Å². The molecule has 0 aliphatic rings. The number of nitrogens with zero attached hydrogens (tertiary/aromatic N) is 1. The Balaban J connectivity index is 2.51. The van der Waals surface area contributed by atoms with Gasteiger partial charge in [-0.15, -0.1) is 11.3 Å². The predicted octanol–water partition coefficient (Wildman–Crippen LogP) is 3.06. The van der Waals surface area contributed by atoms with Crippen molar-refractivity contribution in [3.63, 3.8) is 0 Å². The van der Waals surface area contributed by atoms with Crippen LogP contribution in [0.25, 0.3) is 10.6 Å². The second-order valence-electron chi connectivity index (χ2n) is 2.60. The molecule has 2 aromatic rings. The number of thiophene rings is 1. The standard InChI is InChI=1S/C8H7BrN2OS/c1-4-7(12-8(10)11-4)6-2-5(9)3-13-6/h2-3H,1H3,(H2,10,11). The molecule has 0 atom stereocenters. The lowest BCUT2D eigenvalue weighted by Crippen LogP contribution is -1.81. The maximum atomic E-state index is 5.44. The molecular formula is C8H7BrN2OS. The highest BCUT2D eigenvalue weighted by molar-refractivity contribution is 9.10. The Hall–Kier alpha value is -0.810. The highest BCUT2D eigenvalue weighted by Crippen LogP contribution is 2.32. The van der Waals surface area contributed by atoms with E-state index in [-0.39, 0.29) is 6.01 Å². The zero-order chi connectivity index (χ0) is 9.42. The van der Waals surface area contributed by atoms with E-state index in [1.807, 2.05) is 18.4 Å². The summed E-state index contributed by atoms with van der Waals surface area (Å²) >= 11 is 4.97. The Morgan fingerprint density at radius 1 is 1.62 bits per heavy atom. The van der Waals surface area contributed by atoms with E-state index in [1.54, 1.807) is 11.3 Å². The maximum Gasteiger partial charge on any atom is 0.292 e. The first kappa shape index (κ1) is 8.77. The molecule has 0 bridgehead atoms. The van der Waals surface area contributed by atoms with Crippen LogP contribution in [0.5, 0.6) is 0 Å². The number of nitrogens with two attached hydrogens (primary N) is 1.